The minimum atomic E-state index is -0.878. The molecule has 2 aromatic carbocycles. The Morgan fingerprint density at radius 1 is 0.971 bits per heavy atom. The van der Waals surface area contributed by atoms with E-state index in [1.165, 1.54) is 0 Å². The van der Waals surface area contributed by atoms with Gasteiger partial charge < -0.3 is 5.73 Å². The zero-order valence-electron chi connectivity index (χ0n) is 20.7. The number of nitrogens with zero attached hydrogens (tertiary/aromatic N) is 2. The van der Waals surface area contributed by atoms with Crippen LogP contribution in [0.2, 0.25) is 0 Å². The number of benzene rings is 2. The molecule has 0 radical (unpaired) electrons. The summed E-state index contributed by atoms with van der Waals surface area (Å²) in [5, 5.41) is 0. The Hall–Kier alpha value is -3.21. The maximum Gasteiger partial charge on any atom is 0.253 e. The number of hydrogen-bond acceptors (Lipinski definition) is 2. The average Bonchev–Trinajstić information content (AvgIpc) is 3.42. The summed E-state index contributed by atoms with van der Waals surface area (Å²) in [7, 11) is 0. The highest BCUT2D eigenvalue weighted by Gasteiger charge is 2.51. The van der Waals surface area contributed by atoms with Gasteiger partial charge in [0.1, 0.15) is 30.4 Å². The van der Waals surface area contributed by atoms with Crippen LogP contribution in [0.25, 0.3) is 0 Å². The maximum absolute atomic E-state index is 13.3. The Kier molecular flexibility index (Phi) is 6.48. The molecule has 0 spiro atoms. The van der Waals surface area contributed by atoms with Gasteiger partial charge in [-0.15, -0.1) is 0 Å². The zero-order chi connectivity index (χ0) is 24.5. The third-order valence-corrected chi connectivity index (χ3v) is 7.60. The Labute approximate surface area is 202 Å². The van der Waals surface area contributed by atoms with Crippen LogP contribution < -0.4 is 10.3 Å². The first-order valence-corrected chi connectivity index (χ1v) is 12.2. The summed E-state index contributed by atoms with van der Waals surface area (Å²) in [6.07, 6.45) is 6.78. The first-order chi connectivity index (χ1) is 16.2. The van der Waals surface area contributed by atoms with Crippen LogP contribution in [0.3, 0.4) is 0 Å². The number of rotatable bonds is 7. The van der Waals surface area contributed by atoms with Crippen LogP contribution >= 0.6 is 0 Å². The molecule has 2 atom stereocenters. The Morgan fingerprint density at radius 2 is 1.53 bits per heavy atom. The average molecular weight is 459 g/mol. The first kappa shape index (κ1) is 23.9. The number of nitrogens with two attached hydrogens (primary N) is 1. The van der Waals surface area contributed by atoms with Gasteiger partial charge in [0, 0.05) is 12.3 Å². The summed E-state index contributed by atoms with van der Waals surface area (Å²) >= 11 is 0. The summed E-state index contributed by atoms with van der Waals surface area (Å²) in [6.45, 7) is 8.32. The quantitative estimate of drug-likeness (QED) is 0.529. The summed E-state index contributed by atoms with van der Waals surface area (Å²) < 4.78 is 4.31. The molecule has 1 aliphatic carbocycles. The third-order valence-electron chi connectivity index (χ3n) is 7.60. The molecule has 0 saturated heterocycles. The number of hydrogen-bond donors (Lipinski definition) is 1. The molecule has 2 N–H and O–H groups in total. The predicted molar refractivity (Wildman–Crippen MR) is 133 cm³/mol. The van der Waals surface area contributed by atoms with E-state index in [0.29, 0.717) is 6.54 Å². The van der Waals surface area contributed by atoms with Crippen molar-refractivity contribution in [3.05, 3.63) is 90.0 Å². The fourth-order valence-electron chi connectivity index (χ4n) is 5.59. The van der Waals surface area contributed by atoms with E-state index >= 15 is 0 Å². The van der Waals surface area contributed by atoms with E-state index in [0.717, 1.165) is 36.2 Å². The summed E-state index contributed by atoms with van der Waals surface area (Å²) in [5.74, 6) is 1.05. The molecular formula is C29H36N3O2+. The Balaban J connectivity index is 1.68. The van der Waals surface area contributed by atoms with Crippen LogP contribution in [0, 0.1) is 18.3 Å². The molecule has 5 nitrogen and oxygen atoms in total. The zero-order valence-corrected chi connectivity index (χ0v) is 20.7. The lowest BCUT2D eigenvalue weighted by Crippen LogP contribution is -2.47. The standard InChI is InChI=1S/C29H35N3O2/c1-21-31(20-26(33)28(2,3)4)17-18-32(21)25-16-15-24(19-25)29(27(30)34,22-11-7-5-8-12-22)23-13-9-6-10-14-23/h5-14,17-18,24-25H,15-16,19-20H2,1-4H3,(H-,30,34)/p+1. The normalized spacial score (nSPS) is 18.7. The molecule has 1 heterocycles. The topological polar surface area (TPSA) is 69.0 Å². The second-order valence-corrected chi connectivity index (χ2v) is 10.6. The van der Waals surface area contributed by atoms with E-state index in [2.05, 4.69) is 17.7 Å². The Morgan fingerprint density at radius 3 is 2.03 bits per heavy atom. The first-order valence-electron chi connectivity index (χ1n) is 12.2. The number of ketones is 1. The molecule has 4 rings (SSSR count). The lowest BCUT2D eigenvalue weighted by molar-refractivity contribution is -0.690. The molecule has 0 bridgehead atoms. The van der Waals surface area contributed by atoms with Crippen molar-refractivity contribution < 1.29 is 14.2 Å². The molecule has 178 valence electrons. The summed E-state index contributed by atoms with van der Waals surface area (Å²) in [4.78, 5) is 25.9. The number of aromatic nitrogens is 2. The largest absolute Gasteiger partial charge is 0.369 e. The number of amides is 1. The molecule has 0 aliphatic heterocycles. The fraction of sp³-hybridized carbons (Fsp3) is 0.414. The van der Waals surface area contributed by atoms with E-state index < -0.39 is 5.41 Å². The molecule has 2 unspecified atom stereocenters. The van der Waals surface area contributed by atoms with Crippen molar-refractivity contribution in [1.29, 1.82) is 0 Å². The van der Waals surface area contributed by atoms with E-state index in [9.17, 15) is 9.59 Å². The van der Waals surface area contributed by atoms with Crippen molar-refractivity contribution in [3.8, 4) is 0 Å². The van der Waals surface area contributed by atoms with E-state index in [1.807, 2.05) is 92.2 Å². The number of carbonyl (C=O) groups is 2. The molecular weight excluding hydrogens is 422 g/mol. The van der Waals surface area contributed by atoms with Gasteiger partial charge in [-0.25, -0.2) is 9.13 Å². The number of primary amides is 1. The van der Waals surface area contributed by atoms with Crippen LogP contribution in [0.4, 0.5) is 0 Å². The molecule has 1 amide bonds. The monoisotopic (exact) mass is 458 g/mol. The summed E-state index contributed by atoms with van der Waals surface area (Å²) in [5.41, 5.74) is 6.90. The van der Waals surface area contributed by atoms with E-state index in [4.69, 9.17) is 5.73 Å². The lowest BCUT2D eigenvalue weighted by Gasteiger charge is -2.37. The van der Waals surface area contributed by atoms with Gasteiger partial charge in [0.2, 0.25) is 5.91 Å². The van der Waals surface area contributed by atoms with Crippen molar-refractivity contribution in [2.24, 2.45) is 17.1 Å². The maximum atomic E-state index is 13.3. The van der Waals surface area contributed by atoms with Crippen molar-refractivity contribution >= 4 is 11.7 Å². The van der Waals surface area contributed by atoms with Gasteiger partial charge in [-0.1, -0.05) is 81.4 Å². The van der Waals surface area contributed by atoms with Crippen molar-refractivity contribution in [1.82, 2.24) is 4.57 Å². The van der Waals surface area contributed by atoms with E-state index in [-0.39, 0.29) is 29.1 Å². The van der Waals surface area contributed by atoms with Gasteiger partial charge in [0.15, 0.2) is 5.78 Å². The third kappa shape index (κ3) is 4.20. The lowest BCUT2D eigenvalue weighted by atomic mass is 9.64. The van der Waals surface area contributed by atoms with Gasteiger partial charge in [-0.3, -0.25) is 9.59 Å². The van der Waals surface area contributed by atoms with Gasteiger partial charge in [-0.05, 0) is 36.3 Å². The van der Waals surface area contributed by atoms with Gasteiger partial charge in [-0.2, -0.15) is 0 Å². The highest BCUT2D eigenvalue weighted by Crippen LogP contribution is 2.49. The van der Waals surface area contributed by atoms with Gasteiger partial charge in [0.05, 0.1) is 0 Å². The highest BCUT2D eigenvalue weighted by atomic mass is 16.1. The molecule has 3 aromatic rings. The van der Waals surface area contributed by atoms with Crippen molar-refractivity contribution in [3.63, 3.8) is 0 Å². The van der Waals surface area contributed by atoms with Crippen LogP contribution in [-0.2, 0) is 21.5 Å². The SMILES string of the molecule is Cc1n(C2CCC(C(C(N)=O)(c3ccccc3)c3ccccc3)C2)cc[n+]1CC(=O)C(C)(C)C. The molecule has 34 heavy (non-hydrogen) atoms. The number of imidazole rings is 1. The number of Topliss-reactive ketones (excluding diaryl/α,β-unsaturated/α-hetero) is 1. The highest BCUT2D eigenvalue weighted by molar-refractivity contribution is 5.91. The van der Waals surface area contributed by atoms with Crippen LogP contribution in [-0.4, -0.2) is 16.3 Å². The minimum Gasteiger partial charge on any atom is -0.369 e. The van der Waals surface area contributed by atoms with Crippen molar-refractivity contribution in [2.75, 3.05) is 0 Å². The molecule has 1 aliphatic rings. The van der Waals surface area contributed by atoms with Crippen LogP contribution in [0.15, 0.2) is 73.1 Å². The van der Waals surface area contributed by atoms with Crippen LogP contribution in [0.1, 0.15) is 63.0 Å². The molecule has 1 saturated carbocycles. The number of carbonyl (C=O) groups excluding carboxylic acids is 2. The molecule has 1 aromatic heterocycles. The van der Waals surface area contributed by atoms with Gasteiger partial charge in [0.25, 0.3) is 5.82 Å². The smallest absolute Gasteiger partial charge is 0.253 e. The van der Waals surface area contributed by atoms with Crippen LogP contribution in [0.5, 0.6) is 0 Å². The van der Waals surface area contributed by atoms with Crippen molar-refractivity contribution in [2.45, 2.75) is 65.0 Å². The van der Waals surface area contributed by atoms with Gasteiger partial charge >= 0.3 is 0 Å². The molecule has 5 heteroatoms. The fourth-order valence-corrected chi connectivity index (χ4v) is 5.59. The molecule has 1 fully saturated rings. The predicted octanol–water partition coefficient (Wildman–Crippen LogP) is 4.51. The Bertz CT molecular complexity index is 1120. The minimum absolute atomic E-state index is 0.0752. The summed E-state index contributed by atoms with van der Waals surface area (Å²) in [6, 6.07) is 20.2. The second-order valence-electron chi connectivity index (χ2n) is 10.6. The van der Waals surface area contributed by atoms with E-state index in [1.54, 1.807) is 0 Å². The second kappa shape index (κ2) is 9.21.